The summed E-state index contributed by atoms with van der Waals surface area (Å²) in [4.78, 5) is 18.7. The normalized spacial score (nSPS) is 10.7. The van der Waals surface area contributed by atoms with Gasteiger partial charge >= 0.3 is 0 Å². The summed E-state index contributed by atoms with van der Waals surface area (Å²) in [6.07, 6.45) is 0. The van der Waals surface area contributed by atoms with Crippen molar-refractivity contribution < 1.29 is 9.90 Å². The maximum Gasteiger partial charge on any atom is 0.267 e. The number of aliphatic hydroxyl groups excluding tert-OH is 1. The highest BCUT2D eigenvalue weighted by atomic mass is 32.1. The van der Waals surface area contributed by atoms with Crippen LogP contribution in [0.4, 0.5) is 5.69 Å². The lowest BCUT2D eigenvalue weighted by atomic mass is 10.1. The van der Waals surface area contributed by atoms with Crippen LogP contribution < -0.4 is 5.32 Å². The van der Waals surface area contributed by atoms with Crippen molar-refractivity contribution in [2.75, 3.05) is 5.32 Å². The van der Waals surface area contributed by atoms with Crippen molar-refractivity contribution in [2.45, 2.75) is 20.5 Å². The Morgan fingerprint density at radius 3 is 2.83 bits per heavy atom. The number of benzene rings is 1. The molecule has 0 radical (unpaired) electrons. The Morgan fingerprint density at radius 1 is 1.30 bits per heavy atom. The van der Waals surface area contributed by atoms with Crippen LogP contribution in [0.15, 0.2) is 35.7 Å². The number of aliphatic hydroxyl groups is 1. The number of aryl methyl sites for hydroxylation is 2. The number of thiophene rings is 1. The summed E-state index contributed by atoms with van der Waals surface area (Å²) in [6.45, 7) is 3.72. The van der Waals surface area contributed by atoms with Gasteiger partial charge in [0.2, 0.25) is 0 Å². The monoisotopic (exact) mass is 344 g/mol. The van der Waals surface area contributed by atoms with Crippen molar-refractivity contribution in [1.29, 1.82) is 0 Å². The third-order valence-corrected chi connectivity index (χ3v) is 5.66. The SMILES string of the molecule is Cc1ccc(CO)cc1NC(=O)c1sc(-c2cccs2)nc1C. The first-order valence-corrected chi connectivity index (χ1v) is 8.81. The van der Waals surface area contributed by atoms with E-state index >= 15 is 0 Å². The van der Waals surface area contributed by atoms with Gasteiger partial charge in [-0.1, -0.05) is 18.2 Å². The van der Waals surface area contributed by atoms with Crippen LogP contribution in [0.2, 0.25) is 0 Å². The molecule has 118 valence electrons. The van der Waals surface area contributed by atoms with E-state index < -0.39 is 0 Å². The van der Waals surface area contributed by atoms with Crippen LogP contribution in [0.3, 0.4) is 0 Å². The molecule has 1 amide bonds. The minimum absolute atomic E-state index is 0.0503. The Balaban J connectivity index is 1.87. The first-order valence-electron chi connectivity index (χ1n) is 7.11. The van der Waals surface area contributed by atoms with Gasteiger partial charge < -0.3 is 10.4 Å². The largest absolute Gasteiger partial charge is 0.392 e. The summed E-state index contributed by atoms with van der Waals surface area (Å²) in [6, 6.07) is 9.50. The molecular formula is C17H16N2O2S2. The molecule has 0 bridgehead atoms. The third-order valence-electron chi connectivity index (χ3n) is 3.47. The van der Waals surface area contributed by atoms with Crippen molar-refractivity contribution in [3.63, 3.8) is 0 Å². The van der Waals surface area contributed by atoms with E-state index in [4.69, 9.17) is 0 Å². The Bertz CT molecular complexity index is 838. The number of aromatic nitrogens is 1. The molecule has 6 heteroatoms. The molecule has 4 nitrogen and oxygen atoms in total. The molecule has 0 saturated carbocycles. The van der Waals surface area contributed by atoms with Crippen LogP contribution in [0.1, 0.15) is 26.5 Å². The van der Waals surface area contributed by atoms with Crippen LogP contribution >= 0.6 is 22.7 Å². The number of nitrogens with one attached hydrogen (secondary N) is 1. The van der Waals surface area contributed by atoms with Crippen molar-refractivity contribution in [3.05, 3.63) is 57.4 Å². The van der Waals surface area contributed by atoms with Gasteiger partial charge in [0.15, 0.2) is 0 Å². The van der Waals surface area contributed by atoms with Crippen LogP contribution in [0, 0.1) is 13.8 Å². The standard InChI is InChI=1S/C17H16N2O2S2/c1-10-5-6-12(9-20)8-13(10)19-16(21)15-11(2)18-17(23-15)14-4-3-7-22-14/h3-8,20H,9H2,1-2H3,(H,19,21). The Labute approximate surface area is 142 Å². The highest BCUT2D eigenvalue weighted by Gasteiger charge is 2.17. The second-order valence-electron chi connectivity index (χ2n) is 5.17. The molecule has 0 aliphatic heterocycles. The summed E-state index contributed by atoms with van der Waals surface area (Å²) in [5, 5.41) is 15.0. The Kier molecular flexibility index (Phi) is 4.56. The maximum absolute atomic E-state index is 12.6. The molecular weight excluding hydrogens is 328 g/mol. The van der Waals surface area contributed by atoms with Crippen molar-refractivity contribution >= 4 is 34.3 Å². The molecule has 3 rings (SSSR count). The van der Waals surface area contributed by atoms with E-state index in [0.29, 0.717) is 10.6 Å². The second kappa shape index (κ2) is 6.62. The average molecular weight is 344 g/mol. The summed E-state index contributed by atoms with van der Waals surface area (Å²) >= 11 is 3.01. The van der Waals surface area contributed by atoms with Crippen LogP contribution in [-0.2, 0) is 6.61 Å². The third kappa shape index (κ3) is 3.34. The Hall–Kier alpha value is -2.02. The van der Waals surface area contributed by atoms with Crippen molar-refractivity contribution in [3.8, 4) is 9.88 Å². The molecule has 0 atom stereocenters. The zero-order valence-electron chi connectivity index (χ0n) is 12.8. The smallest absolute Gasteiger partial charge is 0.267 e. The van der Waals surface area contributed by atoms with E-state index in [0.717, 1.165) is 26.7 Å². The lowest BCUT2D eigenvalue weighted by molar-refractivity contribution is 0.102. The molecule has 1 aromatic carbocycles. The van der Waals surface area contributed by atoms with Crippen LogP contribution in [0.5, 0.6) is 0 Å². The zero-order chi connectivity index (χ0) is 16.4. The predicted octanol–water partition coefficient (Wildman–Crippen LogP) is 4.23. The molecule has 2 heterocycles. The fraction of sp³-hybridized carbons (Fsp3) is 0.176. The molecule has 0 spiro atoms. The predicted molar refractivity (Wildman–Crippen MR) is 95.2 cm³/mol. The molecule has 3 aromatic rings. The zero-order valence-corrected chi connectivity index (χ0v) is 14.4. The lowest BCUT2D eigenvalue weighted by Crippen LogP contribution is -2.12. The highest BCUT2D eigenvalue weighted by Crippen LogP contribution is 2.31. The van der Waals surface area contributed by atoms with Gasteiger partial charge in [0.05, 0.1) is 17.2 Å². The van der Waals surface area contributed by atoms with Crippen molar-refractivity contribution in [1.82, 2.24) is 4.98 Å². The van der Waals surface area contributed by atoms with Gasteiger partial charge in [-0.25, -0.2) is 4.98 Å². The number of carbonyl (C=O) groups is 1. The molecule has 2 N–H and O–H groups in total. The van der Waals surface area contributed by atoms with Crippen molar-refractivity contribution in [2.24, 2.45) is 0 Å². The van der Waals surface area contributed by atoms with Gasteiger partial charge in [-0.15, -0.1) is 22.7 Å². The summed E-state index contributed by atoms with van der Waals surface area (Å²) < 4.78 is 0. The Morgan fingerprint density at radius 2 is 2.13 bits per heavy atom. The van der Waals surface area contributed by atoms with Gasteiger partial charge in [0.25, 0.3) is 5.91 Å². The van der Waals surface area contributed by atoms with Crippen LogP contribution in [-0.4, -0.2) is 16.0 Å². The first kappa shape index (κ1) is 15.9. The van der Waals surface area contributed by atoms with Gasteiger partial charge in [-0.3, -0.25) is 4.79 Å². The molecule has 0 fully saturated rings. The van der Waals surface area contributed by atoms with E-state index in [1.807, 2.05) is 43.5 Å². The van der Waals surface area contributed by atoms with E-state index in [9.17, 15) is 9.90 Å². The van der Waals surface area contributed by atoms with E-state index in [1.54, 1.807) is 17.4 Å². The van der Waals surface area contributed by atoms with Gasteiger partial charge in [0, 0.05) is 5.69 Å². The maximum atomic E-state index is 12.6. The number of carbonyl (C=O) groups excluding carboxylic acids is 1. The van der Waals surface area contributed by atoms with E-state index in [1.165, 1.54) is 11.3 Å². The summed E-state index contributed by atoms with van der Waals surface area (Å²) in [5.74, 6) is -0.166. The number of hydrogen-bond donors (Lipinski definition) is 2. The minimum Gasteiger partial charge on any atom is -0.392 e. The highest BCUT2D eigenvalue weighted by molar-refractivity contribution is 7.22. The van der Waals surface area contributed by atoms with E-state index in [2.05, 4.69) is 10.3 Å². The molecule has 2 aromatic heterocycles. The second-order valence-corrected chi connectivity index (χ2v) is 7.12. The topological polar surface area (TPSA) is 62.2 Å². The van der Waals surface area contributed by atoms with Gasteiger partial charge in [0.1, 0.15) is 9.88 Å². The number of hydrogen-bond acceptors (Lipinski definition) is 5. The lowest BCUT2D eigenvalue weighted by Gasteiger charge is -2.09. The first-order chi connectivity index (χ1) is 11.1. The fourth-order valence-corrected chi connectivity index (χ4v) is 3.95. The molecule has 0 aliphatic carbocycles. The van der Waals surface area contributed by atoms with Gasteiger partial charge in [-0.2, -0.15) is 0 Å². The molecule has 0 saturated heterocycles. The number of nitrogens with zero attached hydrogens (tertiary/aromatic N) is 1. The quantitative estimate of drug-likeness (QED) is 0.744. The minimum atomic E-state index is -0.166. The van der Waals surface area contributed by atoms with E-state index in [-0.39, 0.29) is 12.5 Å². The number of amides is 1. The molecule has 0 aliphatic rings. The number of anilines is 1. The summed E-state index contributed by atoms with van der Waals surface area (Å²) in [5.41, 5.74) is 3.17. The summed E-state index contributed by atoms with van der Waals surface area (Å²) in [7, 11) is 0. The number of rotatable bonds is 4. The molecule has 23 heavy (non-hydrogen) atoms. The fourth-order valence-electron chi connectivity index (χ4n) is 2.19. The van der Waals surface area contributed by atoms with Gasteiger partial charge in [-0.05, 0) is 42.5 Å². The average Bonchev–Trinajstić information content (AvgIpc) is 3.18. The molecule has 0 unspecified atom stereocenters. The van der Waals surface area contributed by atoms with Crippen LogP contribution in [0.25, 0.3) is 9.88 Å². The number of thiazole rings is 1.